The van der Waals surface area contributed by atoms with Crippen molar-refractivity contribution >= 4 is 17.7 Å². The molecule has 0 bridgehead atoms. The number of amides is 1. The Labute approximate surface area is 176 Å². The Morgan fingerprint density at radius 1 is 1.16 bits per heavy atom. The number of benzene rings is 1. The molecule has 1 aliphatic carbocycles. The number of esters is 1. The van der Waals surface area contributed by atoms with E-state index in [2.05, 4.69) is 15.3 Å². The van der Waals surface area contributed by atoms with Gasteiger partial charge in [0.15, 0.2) is 11.5 Å². The topological polar surface area (TPSA) is 86.1 Å². The standard InChI is InChI=1S/C22H18F2N4O3/c23-14-8-15(24)10-16(9-14)28-11-18(26-12-28)27-20(29)13-3-5-22(6-4-13)17-2-1-7-25-19(17)21(30)31-22/h1-2,7-13H,3-6H2,(H,27,29). The predicted octanol–water partition coefficient (Wildman–Crippen LogP) is 3.74. The van der Waals surface area contributed by atoms with Crippen LogP contribution in [0.4, 0.5) is 14.6 Å². The van der Waals surface area contributed by atoms with Crippen LogP contribution < -0.4 is 5.32 Å². The molecule has 1 aliphatic heterocycles. The van der Waals surface area contributed by atoms with Gasteiger partial charge >= 0.3 is 5.97 Å². The van der Waals surface area contributed by atoms with E-state index in [-0.39, 0.29) is 23.3 Å². The van der Waals surface area contributed by atoms with E-state index in [0.717, 1.165) is 11.6 Å². The number of anilines is 1. The van der Waals surface area contributed by atoms with Gasteiger partial charge in [0.05, 0.1) is 11.9 Å². The molecule has 7 nitrogen and oxygen atoms in total. The molecule has 1 aromatic carbocycles. The number of carbonyl (C=O) groups excluding carboxylic acids is 2. The molecule has 1 amide bonds. The zero-order valence-corrected chi connectivity index (χ0v) is 16.3. The molecule has 1 spiro atoms. The second kappa shape index (κ2) is 7.26. The molecule has 0 radical (unpaired) electrons. The number of nitrogens with zero attached hydrogens (tertiary/aromatic N) is 3. The zero-order valence-electron chi connectivity index (χ0n) is 16.3. The highest BCUT2D eigenvalue weighted by atomic mass is 19.1. The summed E-state index contributed by atoms with van der Waals surface area (Å²) in [7, 11) is 0. The number of fused-ring (bicyclic) bond motifs is 2. The molecule has 3 aromatic rings. The number of halogens is 2. The molecule has 3 heterocycles. The first-order chi connectivity index (χ1) is 14.9. The Balaban J connectivity index is 1.25. The second-order valence-electron chi connectivity index (χ2n) is 7.84. The van der Waals surface area contributed by atoms with Crippen LogP contribution in [0.5, 0.6) is 0 Å². The van der Waals surface area contributed by atoms with Crippen LogP contribution in [0, 0.1) is 17.6 Å². The van der Waals surface area contributed by atoms with Gasteiger partial charge in [-0.1, -0.05) is 6.07 Å². The molecule has 0 unspecified atom stereocenters. The van der Waals surface area contributed by atoms with Crippen LogP contribution in [0.1, 0.15) is 41.7 Å². The van der Waals surface area contributed by atoms with Crippen molar-refractivity contribution in [1.29, 1.82) is 0 Å². The molecule has 0 saturated heterocycles. The van der Waals surface area contributed by atoms with Crippen molar-refractivity contribution in [3.8, 4) is 5.69 Å². The summed E-state index contributed by atoms with van der Waals surface area (Å²) in [6.45, 7) is 0. The third-order valence-electron chi connectivity index (χ3n) is 5.92. The number of carbonyl (C=O) groups is 2. The molecule has 1 N–H and O–H groups in total. The summed E-state index contributed by atoms with van der Waals surface area (Å²) in [5.41, 5.74) is 0.700. The van der Waals surface area contributed by atoms with Gasteiger partial charge in [-0.05, 0) is 43.9 Å². The minimum absolute atomic E-state index is 0.193. The first-order valence-electron chi connectivity index (χ1n) is 9.94. The van der Waals surface area contributed by atoms with E-state index in [0.29, 0.717) is 31.4 Å². The summed E-state index contributed by atoms with van der Waals surface area (Å²) in [5.74, 6) is -1.98. The first-order valence-corrected chi connectivity index (χ1v) is 9.94. The molecular weight excluding hydrogens is 406 g/mol. The van der Waals surface area contributed by atoms with Crippen molar-refractivity contribution < 1.29 is 23.1 Å². The number of aromatic nitrogens is 3. The normalized spacial score (nSPS) is 22.3. The van der Waals surface area contributed by atoms with E-state index in [4.69, 9.17) is 4.74 Å². The number of hydrogen-bond acceptors (Lipinski definition) is 5. The molecular formula is C22H18F2N4O3. The van der Waals surface area contributed by atoms with Crippen molar-refractivity contribution in [2.75, 3.05) is 5.32 Å². The molecule has 2 aromatic heterocycles. The van der Waals surface area contributed by atoms with Crippen LogP contribution in [-0.2, 0) is 15.1 Å². The number of rotatable bonds is 3. The van der Waals surface area contributed by atoms with Gasteiger partial charge in [-0.25, -0.2) is 23.5 Å². The minimum Gasteiger partial charge on any atom is -0.449 e. The Kier molecular flexibility index (Phi) is 4.53. The van der Waals surface area contributed by atoms with Crippen LogP contribution in [0.15, 0.2) is 49.1 Å². The van der Waals surface area contributed by atoms with E-state index in [9.17, 15) is 18.4 Å². The predicted molar refractivity (Wildman–Crippen MR) is 105 cm³/mol. The van der Waals surface area contributed by atoms with Gasteiger partial charge < -0.3 is 14.6 Å². The van der Waals surface area contributed by atoms with Crippen LogP contribution in [0.2, 0.25) is 0 Å². The highest BCUT2D eigenvalue weighted by molar-refractivity contribution is 5.93. The van der Waals surface area contributed by atoms with Gasteiger partial charge in [0.25, 0.3) is 0 Å². The van der Waals surface area contributed by atoms with E-state index in [1.165, 1.54) is 29.2 Å². The number of nitrogens with one attached hydrogen (secondary N) is 1. The molecule has 1 saturated carbocycles. The summed E-state index contributed by atoms with van der Waals surface area (Å²) in [6.07, 6.45) is 6.60. The summed E-state index contributed by atoms with van der Waals surface area (Å²) in [5, 5.41) is 2.76. The number of pyridine rings is 1. The van der Waals surface area contributed by atoms with Crippen molar-refractivity contribution in [2.45, 2.75) is 31.3 Å². The molecule has 31 heavy (non-hydrogen) atoms. The maximum Gasteiger partial charge on any atom is 0.358 e. The Morgan fingerprint density at radius 3 is 2.65 bits per heavy atom. The van der Waals surface area contributed by atoms with Gasteiger partial charge in [0, 0.05) is 23.7 Å². The van der Waals surface area contributed by atoms with Crippen molar-refractivity contribution in [3.05, 3.63) is 71.9 Å². The monoisotopic (exact) mass is 424 g/mol. The summed E-state index contributed by atoms with van der Waals surface area (Å²) >= 11 is 0. The second-order valence-corrected chi connectivity index (χ2v) is 7.84. The number of hydrogen-bond donors (Lipinski definition) is 1. The summed E-state index contributed by atoms with van der Waals surface area (Å²) < 4.78 is 34.0. The average molecular weight is 424 g/mol. The highest BCUT2D eigenvalue weighted by Crippen LogP contribution is 2.47. The van der Waals surface area contributed by atoms with E-state index >= 15 is 0 Å². The van der Waals surface area contributed by atoms with Crippen molar-refractivity contribution in [2.24, 2.45) is 5.92 Å². The highest BCUT2D eigenvalue weighted by Gasteiger charge is 2.49. The van der Waals surface area contributed by atoms with Gasteiger partial charge in [-0.3, -0.25) is 4.79 Å². The van der Waals surface area contributed by atoms with Crippen molar-refractivity contribution in [3.63, 3.8) is 0 Å². The van der Waals surface area contributed by atoms with Gasteiger partial charge in [-0.15, -0.1) is 0 Å². The third kappa shape index (κ3) is 3.45. The lowest BCUT2D eigenvalue weighted by Gasteiger charge is -2.35. The average Bonchev–Trinajstić information content (AvgIpc) is 3.31. The number of ether oxygens (including phenoxy) is 1. The molecule has 5 rings (SSSR count). The van der Waals surface area contributed by atoms with Crippen LogP contribution in [0.25, 0.3) is 5.69 Å². The molecule has 1 fully saturated rings. The molecule has 158 valence electrons. The van der Waals surface area contributed by atoms with E-state index in [1.807, 2.05) is 6.07 Å². The molecule has 2 aliphatic rings. The smallest absolute Gasteiger partial charge is 0.358 e. The molecule has 0 atom stereocenters. The van der Waals surface area contributed by atoms with Crippen molar-refractivity contribution in [1.82, 2.24) is 14.5 Å². The number of imidazole rings is 1. The first kappa shape index (κ1) is 19.3. The fraction of sp³-hybridized carbons (Fsp3) is 0.273. The third-order valence-corrected chi connectivity index (χ3v) is 5.92. The van der Waals surface area contributed by atoms with Gasteiger partial charge in [0.2, 0.25) is 5.91 Å². The van der Waals surface area contributed by atoms with E-state index in [1.54, 1.807) is 12.3 Å². The maximum absolute atomic E-state index is 13.4. The lowest BCUT2D eigenvalue weighted by molar-refractivity contribution is -0.122. The quantitative estimate of drug-likeness (QED) is 0.648. The van der Waals surface area contributed by atoms with E-state index < -0.39 is 23.2 Å². The zero-order chi connectivity index (χ0) is 21.6. The summed E-state index contributed by atoms with van der Waals surface area (Å²) in [6, 6.07) is 6.77. The van der Waals surface area contributed by atoms with Crippen LogP contribution in [-0.4, -0.2) is 26.4 Å². The van der Waals surface area contributed by atoms with Gasteiger partial charge in [-0.2, -0.15) is 0 Å². The Bertz CT molecular complexity index is 1160. The minimum atomic E-state index is -0.708. The lowest BCUT2D eigenvalue weighted by Crippen LogP contribution is -2.36. The van der Waals surface area contributed by atoms with Crippen LogP contribution >= 0.6 is 0 Å². The van der Waals surface area contributed by atoms with Crippen LogP contribution in [0.3, 0.4) is 0 Å². The fourth-order valence-electron chi connectivity index (χ4n) is 4.38. The maximum atomic E-state index is 13.4. The lowest BCUT2D eigenvalue weighted by atomic mass is 9.75. The SMILES string of the molecule is O=C1OC2(CCC(C(=O)Nc3cn(-c4cc(F)cc(F)c4)cn3)CC2)c2cccnc21. The summed E-state index contributed by atoms with van der Waals surface area (Å²) in [4.78, 5) is 33.1. The largest absolute Gasteiger partial charge is 0.449 e. The fourth-order valence-corrected chi connectivity index (χ4v) is 4.38. The van der Waals surface area contributed by atoms with Gasteiger partial charge in [0.1, 0.15) is 23.6 Å². The Hall–Kier alpha value is -3.62. The Morgan fingerprint density at radius 2 is 1.90 bits per heavy atom. The molecule has 9 heteroatoms.